The highest BCUT2D eigenvalue weighted by molar-refractivity contribution is 5.46. The van der Waals surface area contributed by atoms with E-state index in [-0.39, 0.29) is 11.7 Å². The van der Waals surface area contributed by atoms with Crippen molar-refractivity contribution in [2.75, 3.05) is 11.9 Å². The van der Waals surface area contributed by atoms with E-state index in [2.05, 4.69) is 10.6 Å². The summed E-state index contributed by atoms with van der Waals surface area (Å²) in [5, 5.41) is 6.22. The Balaban J connectivity index is 1.98. The van der Waals surface area contributed by atoms with Crippen LogP contribution in [0, 0.1) is 17.5 Å². The molecule has 0 radical (unpaired) electrons. The Morgan fingerprint density at radius 2 is 2.11 bits per heavy atom. The Morgan fingerprint density at radius 3 is 2.78 bits per heavy atom. The van der Waals surface area contributed by atoms with Crippen LogP contribution in [0.5, 0.6) is 0 Å². The predicted molar refractivity (Wildman–Crippen MR) is 65.0 cm³/mol. The first-order valence-electron chi connectivity index (χ1n) is 6.21. The first kappa shape index (κ1) is 13.2. The summed E-state index contributed by atoms with van der Waals surface area (Å²) >= 11 is 0. The van der Waals surface area contributed by atoms with Crippen LogP contribution in [0.3, 0.4) is 0 Å². The van der Waals surface area contributed by atoms with E-state index >= 15 is 0 Å². The summed E-state index contributed by atoms with van der Waals surface area (Å²) in [6.45, 7) is 2.91. The lowest BCUT2D eigenvalue weighted by Crippen LogP contribution is -2.29. The molecule has 2 rings (SSSR count). The van der Waals surface area contributed by atoms with Gasteiger partial charge in [0.15, 0.2) is 17.5 Å². The monoisotopic (exact) mass is 258 g/mol. The summed E-state index contributed by atoms with van der Waals surface area (Å²) in [7, 11) is 0. The van der Waals surface area contributed by atoms with Gasteiger partial charge in [-0.15, -0.1) is 0 Å². The molecule has 0 bridgehead atoms. The van der Waals surface area contributed by atoms with E-state index < -0.39 is 17.5 Å². The number of benzene rings is 1. The molecule has 1 heterocycles. The van der Waals surface area contributed by atoms with Crippen molar-refractivity contribution in [3.63, 3.8) is 0 Å². The summed E-state index contributed by atoms with van der Waals surface area (Å²) in [5.41, 5.74) is 0.0133. The van der Waals surface area contributed by atoms with Crippen molar-refractivity contribution in [1.29, 1.82) is 0 Å². The maximum atomic E-state index is 13.4. The van der Waals surface area contributed by atoms with Crippen LogP contribution in [0.4, 0.5) is 18.9 Å². The first-order chi connectivity index (χ1) is 8.58. The van der Waals surface area contributed by atoms with Crippen molar-refractivity contribution in [3.05, 3.63) is 29.6 Å². The molecule has 2 nitrogen and oxygen atoms in total. The summed E-state index contributed by atoms with van der Waals surface area (Å²) in [5.74, 6) is -3.74. The number of hydrogen-bond acceptors (Lipinski definition) is 2. The molecule has 1 aliphatic rings. The molecule has 0 aromatic heterocycles. The Bertz CT molecular complexity index is 417. The number of nitrogens with one attached hydrogen (secondary N) is 2. The van der Waals surface area contributed by atoms with Crippen molar-refractivity contribution in [3.8, 4) is 0 Å². The van der Waals surface area contributed by atoms with Crippen molar-refractivity contribution < 1.29 is 13.2 Å². The van der Waals surface area contributed by atoms with Crippen molar-refractivity contribution >= 4 is 5.69 Å². The van der Waals surface area contributed by atoms with Gasteiger partial charge in [0.25, 0.3) is 0 Å². The highest BCUT2D eigenvalue weighted by atomic mass is 19.2. The lowest BCUT2D eigenvalue weighted by molar-refractivity contribution is 0.447. The van der Waals surface area contributed by atoms with Crippen molar-refractivity contribution in [1.82, 2.24) is 5.32 Å². The van der Waals surface area contributed by atoms with E-state index in [0.717, 1.165) is 31.9 Å². The minimum absolute atomic E-state index is 0.0000359. The minimum atomic E-state index is -1.42. The smallest absolute Gasteiger partial charge is 0.196 e. The Morgan fingerprint density at radius 1 is 1.33 bits per heavy atom. The molecule has 5 heteroatoms. The Hall–Kier alpha value is -1.23. The van der Waals surface area contributed by atoms with Gasteiger partial charge in [-0.1, -0.05) is 0 Å². The fourth-order valence-electron chi connectivity index (χ4n) is 2.35. The number of halogens is 3. The second-order valence-electron chi connectivity index (χ2n) is 4.80. The molecular formula is C13H17F3N2. The number of rotatable bonds is 4. The molecular weight excluding hydrogens is 241 g/mol. The second kappa shape index (κ2) is 5.61. The average molecular weight is 258 g/mol. The second-order valence-corrected chi connectivity index (χ2v) is 4.80. The van der Waals surface area contributed by atoms with Gasteiger partial charge >= 0.3 is 0 Å². The van der Waals surface area contributed by atoms with Crippen LogP contribution < -0.4 is 10.6 Å². The van der Waals surface area contributed by atoms with Crippen LogP contribution in [-0.4, -0.2) is 18.6 Å². The normalized spacial score (nSPS) is 21.0. The summed E-state index contributed by atoms with van der Waals surface area (Å²) in [6.07, 6.45) is 3.08. The van der Waals surface area contributed by atoms with Crippen LogP contribution >= 0.6 is 0 Å². The lowest BCUT2D eigenvalue weighted by atomic mass is 10.1. The van der Waals surface area contributed by atoms with E-state index in [1.165, 1.54) is 6.07 Å². The molecule has 1 saturated heterocycles. The molecule has 0 aliphatic carbocycles. The molecule has 18 heavy (non-hydrogen) atoms. The van der Waals surface area contributed by atoms with Gasteiger partial charge in [-0.25, -0.2) is 13.2 Å². The van der Waals surface area contributed by atoms with E-state index in [0.29, 0.717) is 6.04 Å². The predicted octanol–water partition coefficient (Wildman–Crippen LogP) is 3.05. The molecule has 0 saturated carbocycles. The maximum absolute atomic E-state index is 13.4. The Labute approximate surface area is 105 Å². The van der Waals surface area contributed by atoms with Gasteiger partial charge in [-0.3, -0.25) is 0 Å². The van der Waals surface area contributed by atoms with Gasteiger partial charge in [0.1, 0.15) is 0 Å². The molecule has 0 amide bonds. The molecule has 0 spiro atoms. The summed E-state index contributed by atoms with van der Waals surface area (Å²) < 4.78 is 39.3. The van der Waals surface area contributed by atoms with E-state index in [4.69, 9.17) is 0 Å². The largest absolute Gasteiger partial charge is 0.380 e. The van der Waals surface area contributed by atoms with Gasteiger partial charge in [-0.2, -0.15) is 0 Å². The lowest BCUT2D eigenvalue weighted by Gasteiger charge is -2.19. The van der Waals surface area contributed by atoms with Crippen LogP contribution in [0.15, 0.2) is 12.1 Å². The fourth-order valence-corrected chi connectivity index (χ4v) is 2.35. The SMILES string of the molecule is CC(CC1CCCN1)Nc1ccc(F)c(F)c1F. The number of hydrogen-bond donors (Lipinski definition) is 2. The molecule has 1 aromatic rings. The van der Waals surface area contributed by atoms with Crippen molar-refractivity contribution in [2.24, 2.45) is 0 Å². The summed E-state index contributed by atoms with van der Waals surface area (Å²) in [4.78, 5) is 0. The van der Waals surface area contributed by atoms with Gasteiger partial charge in [0.05, 0.1) is 5.69 Å². The van der Waals surface area contributed by atoms with Crippen LogP contribution in [0.1, 0.15) is 26.2 Å². The standard InChI is InChI=1S/C13H17F3N2/c1-8(7-9-3-2-6-17-9)18-11-5-4-10(14)12(15)13(11)16/h4-5,8-9,17-18H,2-3,6-7H2,1H3. The zero-order valence-corrected chi connectivity index (χ0v) is 10.3. The zero-order valence-electron chi connectivity index (χ0n) is 10.3. The maximum Gasteiger partial charge on any atom is 0.196 e. The van der Waals surface area contributed by atoms with Gasteiger partial charge in [0, 0.05) is 12.1 Å². The van der Waals surface area contributed by atoms with Gasteiger partial charge in [0.2, 0.25) is 0 Å². The molecule has 1 aromatic carbocycles. The number of anilines is 1. The van der Waals surface area contributed by atoms with E-state index in [1.54, 1.807) is 0 Å². The van der Waals surface area contributed by atoms with Crippen molar-refractivity contribution in [2.45, 2.75) is 38.3 Å². The quantitative estimate of drug-likeness (QED) is 0.811. The molecule has 1 fully saturated rings. The third kappa shape index (κ3) is 2.96. The molecule has 2 unspecified atom stereocenters. The van der Waals surface area contributed by atoms with Gasteiger partial charge in [-0.05, 0) is 44.9 Å². The van der Waals surface area contributed by atoms with Crippen LogP contribution in [0.25, 0.3) is 0 Å². The zero-order chi connectivity index (χ0) is 13.1. The fraction of sp³-hybridized carbons (Fsp3) is 0.538. The molecule has 2 N–H and O–H groups in total. The molecule has 1 aliphatic heterocycles. The highest BCUT2D eigenvalue weighted by Gasteiger charge is 2.19. The third-order valence-corrected chi connectivity index (χ3v) is 3.24. The van der Waals surface area contributed by atoms with Gasteiger partial charge < -0.3 is 10.6 Å². The minimum Gasteiger partial charge on any atom is -0.380 e. The topological polar surface area (TPSA) is 24.1 Å². The third-order valence-electron chi connectivity index (χ3n) is 3.24. The summed E-state index contributed by atoms with van der Waals surface area (Å²) in [6, 6.07) is 2.58. The van der Waals surface area contributed by atoms with E-state index in [9.17, 15) is 13.2 Å². The highest BCUT2D eigenvalue weighted by Crippen LogP contribution is 2.21. The molecule has 100 valence electrons. The average Bonchev–Trinajstić information content (AvgIpc) is 2.83. The van der Waals surface area contributed by atoms with Crippen LogP contribution in [-0.2, 0) is 0 Å². The first-order valence-corrected chi connectivity index (χ1v) is 6.21. The van der Waals surface area contributed by atoms with Crippen LogP contribution in [0.2, 0.25) is 0 Å². The Kier molecular flexibility index (Phi) is 4.11. The van der Waals surface area contributed by atoms with E-state index in [1.807, 2.05) is 6.92 Å². The molecule has 2 atom stereocenters.